The third-order valence-corrected chi connectivity index (χ3v) is 3.57. The second-order valence-corrected chi connectivity index (χ2v) is 5.43. The van der Waals surface area contributed by atoms with Crippen LogP contribution in [0, 0.1) is 0 Å². The second-order valence-electron chi connectivity index (χ2n) is 4.13. The number of halogens is 4. The number of hydrogen-bond donors (Lipinski definition) is 1. The molecule has 0 atom stereocenters. The van der Waals surface area contributed by atoms with Gasteiger partial charge >= 0.3 is 6.18 Å². The van der Waals surface area contributed by atoms with Crippen LogP contribution in [0.4, 0.5) is 13.2 Å². The minimum Gasteiger partial charge on any atom is -0.353 e. The van der Waals surface area contributed by atoms with Crippen LogP contribution in [0.5, 0.6) is 0 Å². The van der Waals surface area contributed by atoms with Gasteiger partial charge < -0.3 is 5.32 Å². The molecular formula is C10H15BrF3NO. The lowest BCUT2D eigenvalue weighted by molar-refractivity contribution is -0.144. The Balaban J connectivity index is 2.19. The summed E-state index contributed by atoms with van der Waals surface area (Å²) in [5.41, 5.74) is 0. The van der Waals surface area contributed by atoms with E-state index in [1.54, 1.807) is 0 Å². The summed E-state index contributed by atoms with van der Waals surface area (Å²) < 4.78 is 35.6. The molecule has 1 amide bonds. The van der Waals surface area contributed by atoms with Crippen molar-refractivity contribution in [3.05, 3.63) is 0 Å². The molecule has 1 N–H and O–H groups in total. The summed E-state index contributed by atoms with van der Waals surface area (Å²) >= 11 is 3.48. The van der Waals surface area contributed by atoms with Gasteiger partial charge in [-0.3, -0.25) is 4.79 Å². The van der Waals surface area contributed by atoms with Crippen LogP contribution >= 0.6 is 15.9 Å². The smallest absolute Gasteiger partial charge is 0.353 e. The van der Waals surface area contributed by atoms with E-state index < -0.39 is 24.9 Å². The largest absolute Gasteiger partial charge is 0.389 e. The van der Waals surface area contributed by atoms with Crippen LogP contribution in [0.3, 0.4) is 0 Å². The zero-order chi connectivity index (χ0) is 12.2. The average Bonchev–Trinajstić information content (AvgIpc) is 2.18. The first-order chi connectivity index (χ1) is 7.37. The molecule has 0 spiro atoms. The van der Waals surface area contributed by atoms with Crippen LogP contribution in [0.2, 0.25) is 0 Å². The van der Waals surface area contributed by atoms with Crippen molar-refractivity contribution in [2.45, 2.75) is 55.6 Å². The van der Waals surface area contributed by atoms with E-state index in [1.165, 1.54) is 0 Å². The first-order valence-corrected chi connectivity index (χ1v) is 6.28. The molecular weight excluding hydrogens is 287 g/mol. The summed E-state index contributed by atoms with van der Waals surface area (Å²) in [6, 6.07) is 0.0505. The third kappa shape index (κ3) is 5.72. The molecule has 0 aromatic heterocycles. The summed E-state index contributed by atoms with van der Waals surface area (Å²) in [6.07, 6.45) is -2.13. The Morgan fingerprint density at radius 3 is 2.31 bits per heavy atom. The number of hydrogen-bond acceptors (Lipinski definition) is 1. The van der Waals surface area contributed by atoms with Gasteiger partial charge in [0.05, 0.1) is 6.42 Å². The minimum absolute atomic E-state index is 0.0505. The molecule has 1 rings (SSSR count). The molecule has 1 aliphatic rings. The molecule has 0 aromatic rings. The topological polar surface area (TPSA) is 29.1 Å². The molecule has 2 nitrogen and oxygen atoms in total. The maximum absolute atomic E-state index is 11.9. The van der Waals surface area contributed by atoms with Gasteiger partial charge in [-0.2, -0.15) is 13.2 Å². The van der Waals surface area contributed by atoms with Crippen molar-refractivity contribution in [3.63, 3.8) is 0 Å². The summed E-state index contributed by atoms with van der Waals surface area (Å²) in [4.78, 5) is 11.7. The maximum atomic E-state index is 11.9. The number of alkyl halides is 4. The van der Waals surface area contributed by atoms with Crippen LogP contribution in [-0.2, 0) is 4.79 Å². The summed E-state index contributed by atoms with van der Waals surface area (Å²) in [5.74, 6) is -0.490. The van der Waals surface area contributed by atoms with Gasteiger partial charge in [-0.1, -0.05) is 15.9 Å². The summed E-state index contributed by atoms with van der Waals surface area (Å²) in [6.45, 7) is 0. The molecule has 0 radical (unpaired) electrons. The molecule has 0 aromatic carbocycles. The fraction of sp³-hybridized carbons (Fsp3) is 0.900. The van der Waals surface area contributed by atoms with E-state index in [0.717, 1.165) is 25.7 Å². The van der Waals surface area contributed by atoms with Gasteiger partial charge in [0.1, 0.15) is 0 Å². The number of rotatable bonds is 3. The van der Waals surface area contributed by atoms with Gasteiger partial charge in [0.15, 0.2) is 0 Å². The lowest BCUT2D eigenvalue weighted by atomic mass is 9.95. The first-order valence-electron chi connectivity index (χ1n) is 5.37. The molecule has 0 saturated heterocycles. The molecule has 1 saturated carbocycles. The van der Waals surface area contributed by atoms with Gasteiger partial charge in [-0.15, -0.1) is 0 Å². The third-order valence-electron chi connectivity index (χ3n) is 2.66. The molecule has 6 heteroatoms. The van der Waals surface area contributed by atoms with Crippen molar-refractivity contribution < 1.29 is 18.0 Å². The predicted octanol–water partition coefficient (Wildman–Crippen LogP) is 3.15. The van der Waals surface area contributed by atoms with E-state index in [2.05, 4.69) is 21.2 Å². The van der Waals surface area contributed by atoms with Crippen LogP contribution in [0.25, 0.3) is 0 Å². The molecule has 1 aliphatic carbocycles. The van der Waals surface area contributed by atoms with Gasteiger partial charge in [-0.25, -0.2) is 0 Å². The van der Waals surface area contributed by atoms with Gasteiger partial charge in [0.2, 0.25) is 5.91 Å². The van der Waals surface area contributed by atoms with Gasteiger partial charge in [0.25, 0.3) is 0 Å². The second kappa shape index (κ2) is 5.89. The van der Waals surface area contributed by atoms with E-state index >= 15 is 0 Å². The Morgan fingerprint density at radius 1 is 1.25 bits per heavy atom. The Hall–Kier alpha value is -0.260. The van der Waals surface area contributed by atoms with Crippen molar-refractivity contribution >= 4 is 21.8 Å². The van der Waals surface area contributed by atoms with Gasteiger partial charge in [0, 0.05) is 17.3 Å². The lowest BCUT2D eigenvalue weighted by Crippen LogP contribution is -2.38. The molecule has 0 bridgehead atoms. The lowest BCUT2D eigenvalue weighted by Gasteiger charge is -2.26. The standard InChI is InChI=1S/C10H15BrF3NO/c11-7-1-3-8(4-2-7)15-9(16)5-6-10(12,13)14/h7-8H,1-6H2,(H,15,16). The monoisotopic (exact) mass is 301 g/mol. The highest BCUT2D eigenvalue weighted by molar-refractivity contribution is 9.09. The molecule has 0 aliphatic heterocycles. The summed E-state index contributed by atoms with van der Waals surface area (Å²) in [5, 5.41) is 2.65. The highest BCUT2D eigenvalue weighted by atomic mass is 79.9. The van der Waals surface area contributed by atoms with E-state index in [4.69, 9.17) is 0 Å². The Morgan fingerprint density at radius 2 is 1.81 bits per heavy atom. The zero-order valence-corrected chi connectivity index (χ0v) is 10.4. The van der Waals surface area contributed by atoms with Crippen LogP contribution in [0.1, 0.15) is 38.5 Å². The Bertz CT molecular complexity index is 237. The van der Waals surface area contributed by atoms with Crippen molar-refractivity contribution in [3.8, 4) is 0 Å². The Labute approximate surface area is 101 Å². The SMILES string of the molecule is O=C(CCC(F)(F)F)NC1CCC(Br)CC1. The van der Waals surface area contributed by atoms with E-state index in [9.17, 15) is 18.0 Å². The zero-order valence-electron chi connectivity index (χ0n) is 8.82. The molecule has 1 fully saturated rings. The fourth-order valence-electron chi connectivity index (χ4n) is 1.75. The quantitative estimate of drug-likeness (QED) is 0.797. The van der Waals surface area contributed by atoms with Crippen molar-refractivity contribution in [2.75, 3.05) is 0 Å². The Kier molecular flexibility index (Phi) is 5.08. The van der Waals surface area contributed by atoms with Crippen molar-refractivity contribution in [1.29, 1.82) is 0 Å². The highest BCUT2D eigenvalue weighted by Crippen LogP contribution is 2.25. The molecule has 0 heterocycles. The normalized spacial score (nSPS) is 26.5. The highest BCUT2D eigenvalue weighted by Gasteiger charge is 2.28. The number of amides is 1. The number of nitrogens with one attached hydrogen (secondary N) is 1. The van der Waals surface area contributed by atoms with Crippen LogP contribution < -0.4 is 5.32 Å². The van der Waals surface area contributed by atoms with Crippen LogP contribution in [0.15, 0.2) is 0 Å². The van der Waals surface area contributed by atoms with Crippen molar-refractivity contribution in [1.82, 2.24) is 5.32 Å². The molecule has 16 heavy (non-hydrogen) atoms. The van der Waals surface area contributed by atoms with Gasteiger partial charge in [-0.05, 0) is 25.7 Å². The molecule has 0 unspecified atom stereocenters. The first kappa shape index (κ1) is 13.8. The van der Waals surface area contributed by atoms with E-state index in [0.29, 0.717) is 4.83 Å². The van der Waals surface area contributed by atoms with Crippen molar-refractivity contribution in [2.24, 2.45) is 0 Å². The predicted molar refractivity (Wildman–Crippen MR) is 58.4 cm³/mol. The van der Waals surface area contributed by atoms with Crippen LogP contribution in [-0.4, -0.2) is 23.0 Å². The average molecular weight is 302 g/mol. The maximum Gasteiger partial charge on any atom is 0.389 e. The minimum atomic E-state index is -4.25. The molecule has 94 valence electrons. The fourth-order valence-corrected chi connectivity index (χ4v) is 2.28. The number of carbonyl (C=O) groups is 1. The van der Waals surface area contributed by atoms with E-state index in [1.807, 2.05) is 0 Å². The van der Waals surface area contributed by atoms with E-state index in [-0.39, 0.29) is 6.04 Å². The number of carbonyl (C=O) groups excluding carboxylic acids is 1. The summed E-state index contributed by atoms with van der Waals surface area (Å²) in [7, 11) is 0.